The van der Waals surface area contributed by atoms with Gasteiger partial charge in [0.25, 0.3) is 0 Å². The summed E-state index contributed by atoms with van der Waals surface area (Å²) in [6.45, 7) is 0. The summed E-state index contributed by atoms with van der Waals surface area (Å²) in [5.74, 6) is 1.55. The molecule has 0 bridgehead atoms. The van der Waals surface area contributed by atoms with Crippen LogP contribution in [0.5, 0.6) is 11.5 Å². The molecule has 0 unspecified atom stereocenters. The number of para-hydroxylation sites is 1. The van der Waals surface area contributed by atoms with Gasteiger partial charge in [-0.15, -0.1) is 0 Å². The first-order valence-corrected chi connectivity index (χ1v) is 5.62. The minimum Gasteiger partial charge on any atom is -0.458 e. The fourth-order valence-electron chi connectivity index (χ4n) is 1.75. The van der Waals surface area contributed by atoms with Gasteiger partial charge in [0.1, 0.15) is 12.5 Å². The van der Waals surface area contributed by atoms with E-state index in [1.165, 1.54) is 12.5 Å². The van der Waals surface area contributed by atoms with Crippen LogP contribution in [0.15, 0.2) is 30.7 Å². The molecule has 1 N–H and O–H groups in total. The van der Waals surface area contributed by atoms with Crippen LogP contribution in [0.1, 0.15) is 18.4 Å². The van der Waals surface area contributed by atoms with Gasteiger partial charge in [0.05, 0.1) is 0 Å². The van der Waals surface area contributed by atoms with Crippen LogP contribution < -0.4 is 14.8 Å². The van der Waals surface area contributed by atoms with Crippen LogP contribution >= 0.6 is 0 Å². The number of hydrogen-bond acceptors (Lipinski definition) is 3. The first kappa shape index (κ1) is 11.5. The number of nitrogens with one attached hydrogen (secondary N) is 1. The van der Waals surface area contributed by atoms with Crippen molar-refractivity contribution in [3.63, 3.8) is 0 Å². The second-order valence-electron chi connectivity index (χ2n) is 3.78. The van der Waals surface area contributed by atoms with E-state index in [-0.39, 0.29) is 5.91 Å². The van der Waals surface area contributed by atoms with Gasteiger partial charge in [-0.2, -0.15) is 0 Å². The Balaban J connectivity index is 2.00. The summed E-state index contributed by atoms with van der Waals surface area (Å²) in [5.41, 5.74) is 1.07. The Hall–Kier alpha value is -1.97. The summed E-state index contributed by atoms with van der Waals surface area (Å²) < 4.78 is 10.8. The van der Waals surface area contributed by atoms with E-state index in [1.807, 2.05) is 18.2 Å². The molecule has 0 spiro atoms. The molecule has 0 saturated carbocycles. The number of rotatable bonds is 4. The Labute approximate surface area is 100 Å². The number of fused-ring (bicyclic) bond motifs is 1. The highest BCUT2D eigenvalue weighted by Gasteiger charge is 2.13. The predicted octanol–water partition coefficient (Wildman–Crippen LogP) is 2.00. The van der Waals surface area contributed by atoms with Crippen molar-refractivity contribution in [1.29, 1.82) is 0 Å². The Morgan fingerprint density at radius 2 is 2.12 bits per heavy atom. The molecule has 1 amide bonds. The highest BCUT2D eigenvalue weighted by molar-refractivity contribution is 5.75. The van der Waals surface area contributed by atoms with Gasteiger partial charge in [0, 0.05) is 13.5 Å². The lowest BCUT2D eigenvalue weighted by Gasteiger charge is -2.15. The van der Waals surface area contributed by atoms with Gasteiger partial charge in [-0.25, -0.2) is 0 Å². The highest BCUT2D eigenvalue weighted by atomic mass is 16.5. The molecule has 0 radical (unpaired) electrons. The lowest BCUT2D eigenvalue weighted by Crippen LogP contribution is -2.17. The minimum absolute atomic E-state index is 0.0619. The van der Waals surface area contributed by atoms with Crippen molar-refractivity contribution < 1.29 is 14.3 Å². The molecule has 4 nitrogen and oxygen atoms in total. The number of benzene rings is 1. The summed E-state index contributed by atoms with van der Waals surface area (Å²) in [6.07, 6.45) is 5.15. The van der Waals surface area contributed by atoms with E-state index < -0.39 is 0 Å². The van der Waals surface area contributed by atoms with E-state index in [0.29, 0.717) is 6.42 Å². The number of ether oxygens (including phenoxy) is 2. The van der Waals surface area contributed by atoms with Crippen molar-refractivity contribution in [2.75, 3.05) is 7.05 Å². The van der Waals surface area contributed by atoms with Crippen LogP contribution in [0.2, 0.25) is 0 Å². The molecular formula is C13H15NO3. The summed E-state index contributed by atoms with van der Waals surface area (Å²) >= 11 is 0. The molecular weight excluding hydrogens is 218 g/mol. The average molecular weight is 233 g/mol. The smallest absolute Gasteiger partial charge is 0.219 e. The summed E-state index contributed by atoms with van der Waals surface area (Å²) in [4.78, 5) is 11.1. The van der Waals surface area contributed by atoms with Crippen molar-refractivity contribution in [1.82, 2.24) is 5.32 Å². The molecule has 0 fully saturated rings. The SMILES string of the molecule is CNC(=O)CCCc1cccc2c1OC=CO2. The highest BCUT2D eigenvalue weighted by Crippen LogP contribution is 2.34. The second-order valence-corrected chi connectivity index (χ2v) is 3.78. The molecule has 0 aromatic heterocycles. The molecule has 4 heteroatoms. The van der Waals surface area contributed by atoms with Gasteiger partial charge in [0.15, 0.2) is 11.5 Å². The van der Waals surface area contributed by atoms with Gasteiger partial charge < -0.3 is 14.8 Å². The van der Waals surface area contributed by atoms with Gasteiger partial charge >= 0.3 is 0 Å². The standard InChI is InChI=1S/C13H15NO3/c1-14-12(15)7-3-5-10-4-2-6-11-13(10)17-9-8-16-11/h2,4,6,8-9H,3,5,7H2,1H3,(H,14,15). The molecule has 0 atom stereocenters. The average Bonchev–Trinajstić information content (AvgIpc) is 2.39. The van der Waals surface area contributed by atoms with Gasteiger partial charge in [-0.05, 0) is 24.5 Å². The molecule has 17 heavy (non-hydrogen) atoms. The number of aryl methyl sites for hydroxylation is 1. The molecule has 1 heterocycles. The second kappa shape index (κ2) is 5.39. The van der Waals surface area contributed by atoms with Crippen molar-refractivity contribution in [2.45, 2.75) is 19.3 Å². The van der Waals surface area contributed by atoms with Crippen molar-refractivity contribution in [2.24, 2.45) is 0 Å². The number of carbonyl (C=O) groups is 1. The number of amides is 1. The Bertz CT molecular complexity index is 440. The largest absolute Gasteiger partial charge is 0.458 e. The van der Waals surface area contributed by atoms with Gasteiger partial charge in [-0.1, -0.05) is 12.1 Å². The minimum atomic E-state index is 0.0619. The third-order valence-electron chi connectivity index (χ3n) is 2.63. The van der Waals surface area contributed by atoms with Crippen LogP contribution in [-0.2, 0) is 11.2 Å². The molecule has 1 aromatic carbocycles. The molecule has 1 aromatic rings. The summed E-state index contributed by atoms with van der Waals surface area (Å²) in [7, 11) is 1.65. The zero-order valence-electron chi connectivity index (χ0n) is 9.73. The van der Waals surface area contributed by atoms with Gasteiger partial charge in [-0.3, -0.25) is 4.79 Å². The molecule has 2 rings (SSSR count). The maximum Gasteiger partial charge on any atom is 0.219 e. The third-order valence-corrected chi connectivity index (χ3v) is 2.63. The Morgan fingerprint density at radius 3 is 2.94 bits per heavy atom. The fourth-order valence-corrected chi connectivity index (χ4v) is 1.75. The lowest BCUT2D eigenvalue weighted by atomic mass is 10.1. The van der Waals surface area contributed by atoms with Crippen molar-refractivity contribution in [3.05, 3.63) is 36.3 Å². The maximum absolute atomic E-state index is 11.1. The van der Waals surface area contributed by atoms with Crippen LogP contribution in [-0.4, -0.2) is 13.0 Å². The van der Waals surface area contributed by atoms with Crippen LogP contribution in [0.3, 0.4) is 0 Å². The number of hydrogen-bond donors (Lipinski definition) is 1. The van der Waals surface area contributed by atoms with E-state index in [1.54, 1.807) is 7.05 Å². The quantitative estimate of drug-likeness (QED) is 0.865. The molecule has 1 aliphatic heterocycles. The third kappa shape index (κ3) is 2.78. The Kier molecular flexibility index (Phi) is 3.65. The monoisotopic (exact) mass is 233 g/mol. The fraction of sp³-hybridized carbons (Fsp3) is 0.308. The molecule has 90 valence electrons. The van der Waals surface area contributed by atoms with E-state index >= 15 is 0 Å². The van der Waals surface area contributed by atoms with Crippen molar-refractivity contribution in [3.8, 4) is 11.5 Å². The number of carbonyl (C=O) groups excluding carboxylic acids is 1. The molecule has 0 aliphatic carbocycles. The zero-order valence-corrected chi connectivity index (χ0v) is 9.73. The van der Waals surface area contributed by atoms with E-state index in [4.69, 9.17) is 9.47 Å². The van der Waals surface area contributed by atoms with E-state index in [0.717, 1.165) is 29.9 Å². The lowest BCUT2D eigenvalue weighted by molar-refractivity contribution is -0.120. The Morgan fingerprint density at radius 1 is 1.29 bits per heavy atom. The topological polar surface area (TPSA) is 47.6 Å². The first-order valence-electron chi connectivity index (χ1n) is 5.62. The molecule has 0 saturated heterocycles. The predicted molar refractivity (Wildman–Crippen MR) is 63.8 cm³/mol. The maximum atomic E-state index is 11.1. The summed E-state index contributed by atoms with van der Waals surface area (Å²) in [5, 5.41) is 2.61. The van der Waals surface area contributed by atoms with Crippen LogP contribution in [0.25, 0.3) is 0 Å². The van der Waals surface area contributed by atoms with Crippen LogP contribution in [0, 0.1) is 0 Å². The van der Waals surface area contributed by atoms with E-state index in [9.17, 15) is 4.79 Å². The van der Waals surface area contributed by atoms with Crippen molar-refractivity contribution >= 4 is 5.91 Å². The van der Waals surface area contributed by atoms with Gasteiger partial charge in [0.2, 0.25) is 5.91 Å². The first-order chi connectivity index (χ1) is 8.31. The van der Waals surface area contributed by atoms with E-state index in [2.05, 4.69) is 5.32 Å². The van der Waals surface area contributed by atoms with Crippen LogP contribution in [0.4, 0.5) is 0 Å². The zero-order chi connectivity index (χ0) is 12.1. The molecule has 1 aliphatic rings. The normalized spacial score (nSPS) is 12.3. The summed E-state index contributed by atoms with van der Waals surface area (Å²) in [6, 6.07) is 5.78.